The minimum absolute atomic E-state index is 0.108. The van der Waals surface area contributed by atoms with E-state index in [2.05, 4.69) is 4.98 Å². The van der Waals surface area contributed by atoms with Crippen LogP contribution in [0.15, 0.2) is 11.6 Å². The molecule has 0 aliphatic heterocycles. The molecular weight excluding hydrogens is 224 g/mol. The zero-order valence-corrected chi connectivity index (χ0v) is 10.1. The number of carboxylic acid groups (broad SMARTS) is 1. The van der Waals surface area contributed by atoms with Gasteiger partial charge in [0.25, 0.3) is 0 Å². The molecule has 4 nitrogen and oxygen atoms in total. The molecule has 1 atom stereocenters. The van der Waals surface area contributed by atoms with E-state index in [0.29, 0.717) is 5.92 Å². The van der Waals surface area contributed by atoms with Crippen molar-refractivity contribution < 1.29 is 9.90 Å². The van der Waals surface area contributed by atoms with Crippen LogP contribution in [0.2, 0.25) is 0 Å². The van der Waals surface area contributed by atoms with Crippen LogP contribution >= 0.6 is 11.3 Å². The summed E-state index contributed by atoms with van der Waals surface area (Å²) in [6.45, 7) is 3.02. The molecule has 0 aromatic carbocycles. The van der Waals surface area contributed by atoms with Crippen LogP contribution in [0.5, 0.6) is 0 Å². The first-order valence-corrected chi connectivity index (χ1v) is 6.40. The average molecular weight is 240 g/mol. The minimum Gasteiger partial charge on any atom is -0.480 e. The van der Waals surface area contributed by atoms with Gasteiger partial charge in [-0.25, -0.2) is 4.98 Å². The summed E-state index contributed by atoms with van der Waals surface area (Å²) in [7, 11) is 0. The zero-order chi connectivity index (χ0) is 11.5. The number of hydrogen-bond acceptors (Lipinski definition) is 4. The van der Waals surface area contributed by atoms with E-state index in [4.69, 9.17) is 5.11 Å². The van der Waals surface area contributed by atoms with Crippen molar-refractivity contribution in [2.75, 3.05) is 13.1 Å². The molecule has 1 saturated carbocycles. The lowest BCUT2D eigenvalue weighted by atomic mass is 10.2. The third-order valence-electron chi connectivity index (χ3n) is 2.88. The summed E-state index contributed by atoms with van der Waals surface area (Å²) in [6, 6.07) is 0.108. The quantitative estimate of drug-likeness (QED) is 0.826. The van der Waals surface area contributed by atoms with Crippen LogP contribution in [0.4, 0.5) is 0 Å². The van der Waals surface area contributed by atoms with Gasteiger partial charge in [0.2, 0.25) is 0 Å². The molecule has 1 aromatic heterocycles. The second-order valence-electron chi connectivity index (χ2n) is 4.31. The molecule has 1 heterocycles. The molecule has 1 fully saturated rings. The van der Waals surface area contributed by atoms with Gasteiger partial charge in [0.05, 0.1) is 12.6 Å². The van der Waals surface area contributed by atoms with Crippen LogP contribution < -0.4 is 0 Å². The normalized spacial score (nSPS) is 17.6. The molecule has 0 amide bonds. The molecule has 1 N–H and O–H groups in total. The second-order valence-corrected chi connectivity index (χ2v) is 5.24. The molecule has 1 aromatic rings. The topological polar surface area (TPSA) is 53.4 Å². The van der Waals surface area contributed by atoms with E-state index in [-0.39, 0.29) is 12.6 Å². The van der Waals surface area contributed by atoms with Crippen LogP contribution in [-0.2, 0) is 4.79 Å². The first-order valence-electron chi connectivity index (χ1n) is 5.52. The Morgan fingerprint density at radius 2 is 2.50 bits per heavy atom. The van der Waals surface area contributed by atoms with Crippen molar-refractivity contribution in [3.05, 3.63) is 16.6 Å². The van der Waals surface area contributed by atoms with E-state index in [1.807, 2.05) is 17.2 Å². The first kappa shape index (κ1) is 11.5. The predicted molar refractivity (Wildman–Crippen MR) is 62.5 cm³/mol. The number of thiazole rings is 1. The van der Waals surface area contributed by atoms with Crippen molar-refractivity contribution in [1.82, 2.24) is 9.88 Å². The number of rotatable bonds is 6. The second kappa shape index (κ2) is 4.93. The Hall–Kier alpha value is -0.940. The van der Waals surface area contributed by atoms with Crippen LogP contribution in [0.1, 0.15) is 30.8 Å². The maximum absolute atomic E-state index is 10.8. The van der Waals surface area contributed by atoms with E-state index < -0.39 is 5.97 Å². The predicted octanol–water partition coefficient (Wildman–Crippen LogP) is 2.00. The van der Waals surface area contributed by atoms with Crippen LogP contribution in [-0.4, -0.2) is 34.0 Å². The van der Waals surface area contributed by atoms with Crippen LogP contribution in [0, 0.1) is 5.92 Å². The van der Waals surface area contributed by atoms with E-state index in [0.717, 1.165) is 11.6 Å². The maximum Gasteiger partial charge on any atom is 0.317 e. The summed E-state index contributed by atoms with van der Waals surface area (Å²) in [5.74, 6) is -0.0641. The molecule has 0 saturated heterocycles. The molecule has 0 spiro atoms. The first-order chi connectivity index (χ1) is 7.66. The molecule has 5 heteroatoms. The zero-order valence-electron chi connectivity index (χ0n) is 9.30. The molecule has 0 radical (unpaired) electrons. The third-order valence-corrected chi connectivity index (χ3v) is 3.83. The molecule has 1 aliphatic carbocycles. The minimum atomic E-state index is -0.760. The molecule has 88 valence electrons. The molecule has 1 aliphatic rings. The Bertz CT molecular complexity index is 349. The number of carboxylic acids is 1. The number of carbonyl (C=O) groups is 1. The van der Waals surface area contributed by atoms with Gasteiger partial charge in [0.1, 0.15) is 5.01 Å². The van der Waals surface area contributed by atoms with E-state index in [1.54, 1.807) is 17.5 Å². The molecular formula is C11H16N2O2S. The van der Waals surface area contributed by atoms with Gasteiger partial charge in [-0.2, -0.15) is 0 Å². The van der Waals surface area contributed by atoms with Gasteiger partial charge in [0.15, 0.2) is 0 Å². The van der Waals surface area contributed by atoms with Gasteiger partial charge in [-0.1, -0.05) is 0 Å². The van der Waals surface area contributed by atoms with Gasteiger partial charge in [-0.05, 0) is 25.7 Å². The van der Waals surface area contributed by atoms with Crippen LogP contribution in [0.25, 0.3) is 0 Å². The molecule has 0 bridgehead atoms. The Balaban J connectivity index is 2.01. The average Bonchev–Trinajstić information content (AvgIpc) is 2.88. The summed E-state index contributed by atoms with van der Waals surface area (Å²) in [5.41, 5.74) is 0. The third kappa shape index (κ3) is 3.02. The van der Waals surface area contributed by atoms with Crippen LogP contribution in [0.3, 0.4) is 0 Å². The van der Waals surface area contributed by atoms with E-state index >= 15 is 0 Å². The van der Waals surface area contributed by atoms with E-state index in [1.165, 1.54) is 12.8 Å². The lowest BCUT2D eigenvalue weighted by Gasteiger charge is -2.25. The summed E-state index contributed by atoms with van der Waals surface area (Å²) in [4.78, 5) is 17.1. The SMILES string of the molecule is CC(c1nccs1)N(CC(=O)O)CC1CC1. The Kier molecular flexibility index (Phi) is 3.56. The summed E-state index contributed by atoms with van der Waals surface area (Å²) < 4.78 is 0. The molecule has 1 unspecified atom stereocenters. The highest BCUT2D eigenvalue weighted by Gasteiger charge is 2.28. The number of hydrogen-bond donors (Lipinski definition) is 1. The van der Waals surface area contributed by atoms with E-state index in [9.17, 15) is 4.79 Å². The number of aromatic nitrogens is 1. The van der Waals surface area contributed by atoms with Gasteiger partial charge in [-0.3, -0.25) is 9.69 Å². The number of aliphatic carboxylic acids is 1. The smallest absolute Gasteiger partial charge is 0.317 e. The standard InChI is InChI=1S/C11H16N2O2S/c1-8(11-12-4-5-16-11)13(7-10(14)15)6-9-2-3-9/h4-5,8-9H,2-3,6-7H2,1H3,(H,14,15). The van der Waals surface area contributed by atoms with Crippen molar-refractivity contribution in [3.63, 3.8) is 0 Å². The van der Waals surface area contributed by atoms with Gasteiger partial charge in [0, 0.05) is 18.1 Å². The Labute approximate surface area is 98.9 Å². The Morgan fingerprint density at radius 3 is 3.00 bits per heavy atom. The number of nitrogens with zero attached hydrogens (tertiary/aromatic N) is 2. The monoisotopic (exact) mass is 240 g/mol. The lowest BCUT2D eigenvalue weighted by molar-refractivity contribution is -0.139. The fourth-order valence-corrected chi connectivity index (χ4v) is 2.49. The fourth-order valence-electron chi connectivity index (χ4n) is 1.76. The van der Waals surface area contributed by atoms with Gasteiger partial charge < -0.3 is 5.11 Å². The highest BCUT2D eigenvalue weighted by molar-refractivity contribution is 7.09. The van der Waals surface area contributed by atoms with Crippen molar-refractivity contribution in [2.24, 2.45) is 5.92 Å². The van der Waals surface area contributed by atoms with Crippen molar-refractivity contribution >= 4 is 17.3 Å². The summed E-state index contributed by atoms with van der Waals surface area (Å²) in [6.07, 6.45) is 4.24. The highest BCUT2D eigenvalue weighted by atomic mass is 32.1. The van der Waals surface area contributed by atoms with Crippen molar-refractivity contribution in [1.29, 1.82) is 0 Å². The van der Waals surface area contributed by atoms with Crippen molar-refractivity contribution in [3.8, 4) is 0 Å². The fraction of sp³-hybridized carbons (Fsp3) is 0.636. The highest BCUT2D eigenvalue weighted by Crippen LogP contribution is 2.32. The molecule has 16 heavy (non-hydrogen) atoms. The lowest BCUT2D eigenvalue weighted by Crippen LogP contribution is -2.34. The molecule has 2 rings (SSSR count). The summed E-state index contributed by atoms with van der Waals surface area (Å²) >= 11 is 1.59. The van der Waals surface area contributed by atoms with Gasteiger partial charge >= 0.3 is 5.97 Å². The van der Waals surface area contributed by atoms with Crippen molar-refractivity contribution in [2.45, 2.75) is 25.8 Å². The maximum atomic E-state index is 10.8. The largest absolute Gasteiger partial charge is 0.480 e. The summed E-state index contributed by atoms with van der Waals surface area (Å²) in [5, 5.41) is 11.8. The Morgan fingerprint density at radius 1 is 1.75 bits per heavy atom. The van der Waals surface area contributed by atoms with Gasteiger partial charge in [-0.15, -0.1) is 11.3 Å².